The number of nitrogens with zero attached hydrogens (tertiary/aromatic N) is 1. The summed E-state index contributed by atoms with van der Waals surface area (Å²) in [6.07, 6.45) is -0.589. The van der Waals surface area contributed by atoms with Crippen LogP contribution in [0.3, 0.4) is 0 Å². The van der Waals surface area contributed by atoms with Gasteiger partial charge in [0.15, 0.2) is 0 Å². The standard InChI is InChI=1S/C7H15NO3/c1-6(9)11-5-7(10)4-8(2)3/h7,10H,4-5H2,1-3H3. The summed E-state index contributed by atoms with van der Waals surface area (Å²) in [5, 5.41) is 9.15. The Kier molecular flexibility index (Phi) is 4.81. The first-order chi connectivity index (χ1) is 5.02. The van der Waals surface area contributed by atoms with E-state index in [2.05, 4.69) is 4.74 Å². The number of aliphatic hydroxyl groups is 1. The van der Waals surface area contributed by atoms with Gasteiger partial charge in [0.05, 0.1) is 0 Å². The van der Waals surface area contributed by atoms with Gasteiger partial charge in [-0.25, -0.2) is 0 Å². The van der Waals surface area contributed by atoms with Gasteiger partial charge in [-0.2, -0.15) is 0 Å². The largest absolute Gasteiger partial charge is 0.463 e. The van der Waals surface area contributed by atoms with Gasteiger partial charge in [0, 0.05) is 13.5 Å². The Morgan fingerprint density at radius 2 is 2.18 bits per heavy atom. The molecule has 0 aromatic rings. The van der Waals surface area contributed by atoms with Crippen molar-refractivity contribution in [1.82, 2.24) is 4.90 Å². The third-order valence-corrected chi connectivity index (χ3v) is 1.05. The lowest BCUT2D eigenvalue weighted by molar-refractivity contribution is -0.144. The van der Waals surface area contributed by atoms with E-state index in [0.29, 0.717) is 6.54 Å². The summed E-state index contributed by atoms with van der Waals surface area (Å²) >= 11 is 0. The van der Waals surface area contributed by atoms with Crippen molar-refractivity contribution in [3.8, 4) is 0 Å². The van der Waals surface area contributed by atoms with Crippen LogP contribution in [0.15, 0.2) is 0 Å². The molecule has 0 fully saturated rings. The summed E-state index contributed by atoms with van der Waals surface area (Å²) < 4.78 is 4.59. The Morgan fingerprint density at radius 3 is 2.55 bits per heavy atom. The highest BCUT2D eigenvalue weighted by Gasteiger charge is 2.06. The zero-order chi connectivity index (χ0) is 8.85. The zero-order valence-electron chi connectivity index (χ0n) is 7.20. The molecule has 0 spiro atoms. The molecule has 0 bridgehead atoms. The van der Waals surface area contributed by atoms with E-state index in [0.717, 1.165) is 0 Å². The SMILES string of the molecule is CC(=O)OCC(O)CN(C)C. The molecule has 0 radical (unpaired) electrons. The van der Waals surface area contributed by atoms with E-state index in [4.69, 9.17) is 5.11 Å². The molecule has 1 atom stereocenters. The second-order valence-corrected chi connectivity index (χ2v) is 2.72. The van der Waals surface area contributed by atoms with Crippen LogP contribution in [0.25, 0.3) is 0 Å². The highest BCUT2D eigenvalue weighted by atomic mass is 16.5. The van der Waals surface area contributed by atoms with Crippen molar-refractivity contribution in [1.29, 1.82) is 0 Å². The highest BCUT2D eigenvalue weighted by Crippen LogP contribution is 1.88. The molecule has 0 amide bonds. The van der Waals surface area contributed by atoms with E-state index in [1.165, 1.54) is 6.92 Å². The minimum Gasteiger partial charge on any atom is -0.463 e. The molecule has 0 saturated carbocycles. The normalized spacial score (nSPS) is 13.2. The molecule has 0 aromatic heterocycles. The van der Waals surface area contributed by atoms with Crippen LogP contribution >= 0.6 is 0 Å². The van der Waals surface area contributed by atoms with Gasteiger partial charge in [-0.05, 0) is 14.1 Å². The van der Waals surface area contributed by atoms with Crippen LogP contribution in [-0.4, -0.2) is 49.3 Å². The monoisotopic (exact) mass is 161 g/mol. The summed E-state index contributed by atoms with van der Waals surface area (Å²) in [6, 6.07) is 0. The highest BCUT2D eigenvalue weighted by molar-refractivity contribution is 5.65. The van der Waals surface area contributed by atoms with E-state index >= 15 is 0 Å². The number of esters is 1. The molecule has 0 aliphatic carbocycles. The number of ether oxygens (including phenoxy) is 1. The van der Waals surface area contributed by atoms with Gasteiger partial charge in [-0.1, -0.05) is 0 Å². The van der Waals surface area contributed by atoms with E-state index in [9.17, 15) is 4.79 Å². The van der Waals surface area contributed by atoms with Crippen molar-refractivity contribution in [2.45, 2.75) is 13.0 Å². The van der Waals surface area contributed by atoms with Crippen molar-refractivity contribution in [3.05, 3.63) is 0 Å². The van der Waals surface area contributed by atoms with Crippen molar-refractivity contribution >= 4 is 5.97 Å². The maximum absolute atomic E-state index is 10.3. The number of hydrogen-bond donors (Lipinski definition) is 1. The molecule has 0 aliphatic heterocycles. The second kappa shape index (κ2) is 5.09. The number of carbonyl (C=O) groups is 1. The van der Waals surface area contributed by atoms with Crippen LogP contribution in [0.4, 0.5) is 0 Å². The smallest absolute Gasteiger partial charge is 0.302 e. The molecule has 4 heteroatoms. The maximum Gasteiger partial charge on any atom is 0.302 e. The molecule has 1 N–H and O–H groups in total. The van der Waals surface area contributed by atoms with Crippen molar-refractivity contribution < 1.29 is 14.6 Å². The quantitative estimate of drug-likeness (QED) is 0.563. The average molecular weight is 161 g/mol. The number of carbonyl (C=O) groups excluding carboxylic acids is 1. The molecule has 0 aromatic carbocycles. The molecule has 1 unspecified atom stereocenters. The molecular weight excluding hydrogens is 146 g/mol. The first-order valence-corrected chi connectivity index (χ1v) is 3.48. The van der Waals surface area contributed by atoms with Crippen LogP contribution in [0, 0.1) is 0 Å². The van der Waals surface area contributed by atoms with Gasteiger partial charge in [-0.15, -0.1) is 0 Å². The predicted molar refractivity (Wildman–Crippen MR) is 41.2 cm³/mol. The van der Waals surface area contributed by atoms with E-state index in [-0.39, 0.29) is 12.6 Å². The molecule has 0 aliphatic rings. The zero-order valence-corrected chi connectivity index (χ0v) is 7.20. The molecule has 0 rings (SSSR count). The Morgan fingerprint density at radius 1 is 1.64 bits per heavy atom. The van der Waals surface area contributed by atoms with E-state index in [1.54, 1.807) is 0 Å². The molecule has 0 saturated heterocycles. The summed E-state index contributed by atoms with van der Waals surface area (Å²) in [5.74, 6) is -0.359. The van der Waals surface area contributed by atoms with Crippen LogP contribution in [0.2, 0.25) is 0 Å². The Bertz CT molecular complexity index is 125. The predicted octanol–water partition coefficient (Wildman–Crippen LogP) is -0.528. The lowest BCUT2D eigenvalue weighted by Gasteiger charge is -2.14. The molecule has 0 heterocycles. The summed E-state index contributed by atoms with van der Waals surface area (Å²) in [4.78, 5) is 12.1. The first kappa shape index (κ1) is 10.4. The third-order valence-electron chi connectivity index (χ3n) is 1.05. The van der Waals surface area contributed by atoms with Gasteiger partial charge in [0.25, 0.3) is 0 Å². The fraction of sp³-hybridized carbons (Fsp3) is 0.857. The summed E-state index contributed by atoms with van der Waals surface area (Å²) in [7, 11) is 3.69. The van der Waals surface area contributed by atoms with E-state index in [1.807, 2.05) is 19.0 Å². The number of hydrogen-bond acceptors (Lipinski definition) is 4. The van der Waals surface area contributed by atoms with Gasteiger partial charge in [-0.3, -0.25) is 4.79 Å². The van der Waals surface area contributed by atoms with Gasteiger partial charge in [0.2, 0.25) is 0 Å². The van der Waals surface area contributed by atoms with Gasteiger partial charge < -0.3 is 14.7 Å². The fourth-order valence-electron chi connectivity index (χ4n) is 0.688. The lowest BCUT2D eigenvalue weighted by Crippen LogP contribution is -2.30. The Balaban J connectivity index is 3.37. The Labute approximate surface area is 66.8 Å². The first-order valence-electron chi connectivity index (χ1n) is 3.48. The third kappa shape index (κ3) is 7.29. The van der Waals surface area contributed by atoms with E-state index < -0.39 is 6.10 Å². The topological polar surface area (TPSA) is 49.8 Å². The minimum atomic E-state index is -0.589. The molecule has 11 heavy (non-hydrogen) atoms. The van der Waals surface area contributed by atoms with Crippen LogP contribution < -0.4 is 0 Å². The lowest BCUT2D eigenvalue weighted by atomic mass is 10.3. The van der Waals surface area contributed by atoms with Crippen LogP contribution in [-0.2, 0) is 9.53 Å². The van der Waals surface area contributed by atoms with Crippen LogP contribution in [0.1, 0.15) is 6.92 Å². The Hall–Kier alpha value is -0.610. The maximum atomic E-state index is 10.3. The van der Waals surface area contributed by atoms with Gasteiger partial charge in [0.1, 0.15) is 12.7 Å². The van der Waals surface area contributed by atoms with Crippen LogP contribution in [0.5, 0.6) is 0 Å². The molecule has 66 valence electrons. The minimum absolute atomic E-state index is 0.0769. The molecule has 4 nitrogen and oxygen atoms in total. The summed E-state index contributed by atoms with van der Waals surface area (Å²) in [6.45, 7) is 1.91. The summed E-state index contributed by atoms with van der Waals surface area (Å²) in [5.41, 5.74) is 0. The van der Waals surface area contributed by atoms with Gasteiger partial charge >= 0.3 is 5.97 Å². The number of aliphatic hydroxyl groups excluding tert-OH is 1. The van der Waals surface area contributed by atoms with Crippen molar-refractivity contribution in [2.75, 3.05) is 27.2 Å². The number of likely N-dealkylation sites (N-methyl/N-ethyl adjacent to an activating group) is 1. The second-order valence-electron chi connectivity index (χ2n) is 2.72. The molecular formula is C7H15NO3. The van der Waals surface area contributed by atoms with Crippen molar-refractivity contribution in [2.24, 2.45) is 0 Å². The average Bonchev–Trinajstić information content (AvgIpc) is 1.82. The fourth-order valence-corrected chi connectivity index (χ4v) is 0.688. The van der Waals surface area contributed by atoms with Crippen molar-refractivity contribution in [3.63, 3.8) is 0 Å². The number of rotatable bonds is 4.